The molecule has 0 unspecified atom stereocenters. The summed E-state index contributed by atoms with van der Waals surface area (Å²) in [6, 6.07) is 5.12. The molecule has 2 aromatic rings. The Morgan fingerprint density at radius 3 is 2.78 bits per heavy atom. The molecule has 1 atom stereocenters. The number of hydrogen-bond acceptors (Lipinski definition) is 4. The van der Waals surface area contributed by atoms with Crippen LogP contribution in [0.1, 0.15) is 29.0 Å². The predicted octanol–water partition coefficient (Wildman–Crippen LogP) is 3.87. The van der Waals surface area contributed by atoms with Crippen molar-refractivity contribution in [2.24, 2.45) is 0 Å². The van der Waals surface area contributed by atoms with E-state index < -0.39 is 0 Å². The maximum Gasteiger partial charge on any atom is 0.257 e. The Hall–Kier alpha value is -1.56. The number of benzene rings is 1. The molecule has 1 N–H and O–H groups in total. The van der Waals surface area contributed by atoms with Gasteiger partial charge in [-0.2, -0.15) is 0 Å². The Morgan fingerprint density at radius 2 is 2.13 bits per heavy atom. The highest BCUT2D eigenvalue weighted by atomic mass is 35.5. The minimum Gasteiger partial charge on any atom is -0.376 e. The SMILES string of the molecule is Cc1onc(-c2c(Cl)cccc2Cl)c1C(=O)NC[C@@H]1CCCO1. The Morgan fingerprint density at radius 1 is 1.39 bits per heavy atom. The topological polar surface area (TPSA) is 64.4 Å². The Kier molecular flexibility index (Phi) is 4.90. The molecule has 7 heteroatoms. The molecule has 23 heavy (non-hydrogen) atoms. The molecule has 2 heterocycles. The van der Waals surface area contributed by atoms with Gasteiger partial charge in [0.05, 0.1) is 16.1 Å². The van der Waals surface area contributed by atoms with Crippen molar-refractivity contribution in [1.29, 1.82) is 0 Å². The standard InChI is InChI=1S/C16H16Cl2N2O3/c1-9-13(16(21)19-8-10-4-3-7-22-10)15(20-23-9)14-11(17)5-2-6-12(14)18/h2,5-6,10H,3-4,7-8H2,1H3,(H,19,21)/t10-/m0/s1. The first kappa shape index (κ1) is 16.3. The van der Waals surface area contributed by atoms with E-state index in [1.807, 2.05) is 0 Å². The summed E-state index contributed by atoms with van der Waals surface area (Å²) in [5.74, 6) is 0.145. The minimum absolute atomic E-state index is 0.0615. The smallest absolute Gasteiger partial charge is 0.257 e. The van der Waals surface area contributed by atoms with Gasteiger partial charge in [0.1, 0.15) is 17.0 Å². The molecule has 0 spiro atoms. The van der Waals surface area contributed by atoms with Gasteiger partial charge in [-0.15, -0.1) is 0 Å². The number of ether oxygens (including phenoxy) is 1. The molecule has 1 aromatic heterocycles. The van der Waals surface area contributed by atoms with Crippen LogP contribution >= 0.6 is 23.2 Å². The quantitative estimate of drug-likeness (QED) is 0.904. The minimum atomic E-state index is -0.273. The Balaban J connectivity index is 1.88. The van der Waals surface area contributed by atoms with Crippen LogP contribution in [0.3, 0.4) is 0 Å². The number of aryl methyl sites for hydroxylation is 1. The molecule has 1 saturated heterocycles. The summed E-state index contributed by atoms with van der Waals surface area (Å²) in [4.78, 5) is 12.5. The van der Waals surface area contributed by atoms with E-state index in [2.05, 4.69) is 10.5 Å². The number of nitrogens with one attached hydrogen (secondary N) is 1. The third-order valence-electron chi connectivity index (χ3n) is 3.80. The molecule has 0 radical (unpaired) electrons. The summed E-state index contributed by atoms with van der Waals surface area (Å²) in [7, 11) is 0. The highest BCUT2D eigenvalue weighted by Crippen LogP contribution is 2.36. The van der Waals surface area contributed by atoms with Crippen molar-refractivity contribution in [2.75, 3.05) is 13.2 Å². The van der Waals surface area contributed by atoms with Crippen molar-refractivity contribution in [3.8, 4) is 11.3 Å². The van der Waals surface area contributed by atoms with Gasteiger partial charge in [0.15, 0.2) is 0 Å². The van der Waals surface area contributed by atoms with Crippen molar-refractivity contribution in [2.45, 2.75) is 25.9 Å². The van der Waals surface area contributed by atoms with E-state index in [9.17, 15) is 4.79 Å². The largest absolute Gasteiger partial charge is 0.376 e. The van der Waals surface area contributed by atoms with Crippen LogP contribution in [0.2, 0.25) is 10.0 Å². The van der Waals surface area contributed by atoms with Crippen LogP contribution in [-0.2, 0) is 4.74 Å². The molecule has 0 aliphatic carbocycles. The number of carbonyl (C=O) groups excluding carboxylic acids is 1. The summed E-state index contributed by atoms with van der Waals surface area (Å²) in [5.41, 5.74) is 1.19. The molecule has 1 aliphatic heterocycles. The van der Waals surface area contributed by atoms with Gasteiger partial charge < -0.3 is 14.6 Å². The maximum absolute atomic E-state index is 12.5. The lowest BCUT2D eigenvalue weighted by Gasteiger charge is -2.11. The number of nitrogens with zero attached hydrogens (tertiary/aromatic N) is 1. The molecule has 5 nitrogen and oxygen atoms in total. The maximum atomic E-state index is 12.5. The van der Waals surface area contributed by atoms with Crippen molar-refractivity contribution >= 4 is 29.1 Å². The van der Waals surface area contributed by atoms with Gasteiger partial charge in [-0.25, -0.2) is 0 Å². The number of carbonyl (C=O) groups is 1. The fourth-order valence-electron chi connectivity index (χ4n) is 2.63. The third-order valence-corrected chi connectivity index (χ3v) is 4.43. The van der Waals surface area contributed by atoms with Crippen molar-refractivity contribution < 1.29 is 14.1 Å². The van der Waals surface area contributed by atoms with Crippen LogP contribution in [0, 0.1) is 6.92 Å². The lowest BCUT2D eigenvalue weighted by Crippen LogP contribution is -2.32. The van der Waals surface area contributed by atoms with Gasteiger partial charge in [-0.3, -0.25) is 4.79 Å². The van der Waals surface area contributed by atoms with E-state index >= 15 is 0 Å². The van der Waals surface area contributed by atoms with Gasteiger partial charge >= 0.3 is 0 Å². The average molecular weight is 355 g/mol. The number of rotatable bonds is 4. The lowest BCUT2D eigenvalue weighted by molar-refractivity contribution is 0.0857. The highest BCUT2D eigenvalue weighted by Gasteiger charge is 2.25. The molecule has 122 valence electrons. The van der Waals surface area contributed by atoms with Crippen molar-refractivity contribution in [3.63, 3.8) is 0 Å². The van der Waals surface area contributed by atoms with E-state index in [1.54, 1.807) is 25.1 Å². The summed E-state index contributed by atoms with van der Waals surface area (Å²) in [6.45, 7) is 2.88. The summed E-state index contributed by atoms with van der Waals surface area (Å²) in [6.07, 6.45) is 2.03. The summed E-state index contributed by atoms with van der Waals surface area (Å²) >= 11 is 12.4. The van der Waals surface area contributed by atoms with Crippen LogP contribution in [0.15, 0.2) is 22.7 Å². The highest BCUT2D eigenvalue weighted by molar-refractivity contribution is 6.39. The van der Waals surface area contributed by atoms with E-state index in [0.717, 1.165) is 19.4 Å². The third kappa shape index (κ3) is 3.37. The van der Waals surface area contributed by atoms with Crippen LogP contribution in [0.25, 0.3) is 11.3 Å². The molecule has 1 aromatic carbocycles. The van der Waals surface area contributed by atoms with Crippen LogP contribution in [-0.4, -0.2) is 30.3 Å². The monoisotopic (exact) mass is 354 g/mol. The molecule has 0 saturated carbocycles. The molecule has 0 bridgehead atoms. The fraction of sp³-hybridized carbons (Fsp3) is 0.375. The zero-order valence-corrected chi connectivity index (χ0v) is 14.1. The van der Waals surface area contributed by atoms with Gasteiger partial charge in [0.25, 0.3) is 5.91 Å². The first-order chi connectivity index (χ1) is 11.1. The summed E-state index contributed by atoms with van der Waals surface area (Å²) in [5, 5.41) is 7.67. The zero-order valence-electron chi connectivity index (χ0n) is 12.6. The van der Waals surface area contributed by atoms with E-state index in [-0.39, 0.29) is 12.0 Å². The molecule has 3 rings (SSSR count). The molecule has 1 amide bonds. The van der Waals surface area contributed by atoms with Crippen LogP contribution < -0.4 is 5.32 Å². The summed E-state index contributed by atoms with van der Waals surface area (Å²) < 4.78 is 10.7. The number of hydrogen-bond donors (Lipinski definition) is 1. The molecular weight excluding hydrogens is 339 g/mol. The van der Waals surface area contributed by atoms with Gasteiger partial charge in [-0.05, 0) is 31.9 Å². The van der Waals surface area contributed by atoms with Crippen molar-refractivity contribution in [1.82, 2.24) is 10.5 Å². The van der Waals surface area contributed by atoms with Crippen molar-refractivity contribution in [3.05, 3.63) is 39.6 Å². The lowest BCUT2D eigenvalue weighted by atomic mass is 10.1. The number of halogens is 2. The second-order valence-electron chi connectivity index (χ2n) is 5.40. The second-order valence-corrected chi connectivity index (χ2v) is 6.22. The Bertz CT molecular complexity index is 704. The van der Waals surface area contributed by atoms with E-state index in [1.165, 1.54) is 0 Å². The average Bonchev–Trinajstić information content (AvgIpc) is 3.15. The normalized spacial score (nSPS) is 17.4. The van der Waals surface area contributed by atoms with Gasteiger partial charge in [0, 0.05) is 18.7 Å². The van der Waals surface area contributed by atoms with E-state index in [4.69, 9.17) is 32.5 Å². The zero-order chi connectivity index (χ0) is 16.4. The number of amides is 1. The second kappa shape index (κ2) is 6.91. The fourth-order valence-corrected chi connectivity index (χ4v) is 3.21. The molecule has 1 aliphatic rings. The van der Waals surface area contributed by atoms with Crippen LogP contribution in [0.5, 0.6) is 0 Å². The van der Waals surface area contributed by atoms with E-state index in [0.29, 0.717) is 39.2 Å². The molecule has 1 fully saturated rings. The predicted molar refractivity (Wildman–Crippen MR) is 88.0 cm³/mol. The Labute approximate surface area is 143 Å². The van der Waals surface area contributed by atoms with Crippen LogP contribution in [0.4, 0.5) is 0 Å². The molecular formula is C16H16Cl2N2O3. The first-order valence-corrected chi connectivity index (χ1v) is 8.14. The number of aromatic nitrogens is 1. The first-order valence-electron chi connectivity index (χ1n) is 7.38. The van der Waals surface area contributed by atoms with Gasteiger partial charge in [-0.1, -0.05) is 34.4 Å². The van der Waals surface area contributed by atoms with Gasteiger partial charge in [0.2, 0.25) is 0 Å².